The maximum Gasteiger partial charge on any atom is 0.294 e. The molecule has 0 saturated heterocycles. The van der Waals surface area contributed by atoms with Crippen molar-refractivity contribution in [2.24, 2.45) is 0 Å². The molecule has 0 radical (unpaired) electrons. The Morgan fingerprint density at radius 1 is 1.09 bits per heavy atom. The summed E-state index contributed by atoms with van der Waals surface area (Å²) in [5.74, 6) is -0.780. The Bertz CT molecular complexity index is 1150. The van der Waals surface area contributed by atoms with Crippen molar-refractivity contribution in [3.63, 3.8) is 0 Å². The van der Waals surface area contributed by atoms with Crippen molar-refractivity contribution in [3.8, 4) is 5.75 Å². The fraction of sp³-hybridized carbons (Fsp3) is 0.200. The summed E-state index contributed by atoms with van der Waals surface area (Å²) in [5.41, 5.74) is 2.39. The third-order valence-electron chi connectivity index (χ3n) is 5.35. The number of amides is 1. The molecule has 1 unspecified atom stereocenters. The number of carbonyl (C=O) groups is 2. The Kier molecular flexibility index (Phi) is 6.01. The van der Waals surface area contributed by atoms with Crippen molar-refractivity contribution in [1.29, 1.82) is 0 Å². The van der Waals surface area contributed by atoms with Gasteiger partial charge >= 0.3 is 0 Å². The number of nitrogens with zero attached hydrogens (tertiary/aromatic N) is 2. The number of benzene rings is 2. The van der Waals surface area contributed by atoms with Crippen molar-refractivity contribution in [3.05, 3.63) is 87.8 Å². The predicted octanol–water partition coefficient (Wildman–Crippen LogP) is 5.00. The van der Waals surface area contributed by atoms with E-state index in [2.05, 4.69) is 0 Å². The van der Waals surface area contributed by atoms with Crippen LogP contribution >= 0.6 is 11.3 Å². The number of aliphatic hydroxyl groups is 1. The van der Waals surface area contributed by atoms with Gasteiger partial charge in [-0.15, -0.1) is 11.3 Å². The number of ether oxygens (including phenoxy) is 1. The molecule has 2 heterocycles. The molecule has 1 aliphatic heterocycles. The first kappa shape index (κ1) is 21.6. The molecule has 2 aromatic carbocycles. The molecule has 1 N–H and O–H groups in total. The number of Topliss-reactive ketones (excluding diaryl/α,β-unsaturated/α-hetero) is 1. The van der Waals surface area contributed by atoms with Crippen molar-refractivity contribution in [1.82, 2.24) is 0 Å². The molecule has 4 rings (SSSR count). The first-order valence-electron chi connectivity index (χ1n) is 10.3. The third-order valence-corrected chi connectivity index (χ3v) is 6.22. The summed E-state index contributed by atoms with van der Waals surface area (Å²) in [7, 11) is 3.88. The Labute approximate surface area is 191 Å². The van der Waals surface area contributed by atoms with Gasteiger partial charge in [-0.05, 0) is 60.3 Å². The lowest BCUT2D eigenvalue weighted by Crippen LogP contribution is -2.31. The standard InChI is InChI=1S/C25H24N2O4S/c1-4-31-19-13-11-18(12-14-19)27-22(16-7-9-17(10-8-16)26(2)3)21(24(29)25(27)30)23(28)20-6-5-15-32-20/h5-15,22,29H,4H2,1-3H3. The average molecular weight is 449 g/mol. The monoisotopic (exact) mass is 448 g/mol. The normalized spacial score (nSPS) is 15.9. The van der Waals surface area contributed by atoms with Gasteiger partial charge in [-0.2, -0.15) is 0 Å². The van der Waals surface area contributed by atoms with E-state index in [4.69, 9.17) is 4.74 Å². The molecule has 1 aromatic heterocycles. The number of anilines is 2. The summed E-state index contributed by atoms with van der Waals surface area (Å²) in [6.07, 6.45) is 0. The van der Waals surface area contributed by atoms with Crippen LogP contribution in [0.25, 0.3) is 0 Å². The average Bonchev–Trinajstić information content (AvgIpc) is 3.42. The summed E-state index contributed by atoms with van der Waals surface area (Å²) >= 11 is 1.28. The number of thiophene rings is 1. The SMILES string of the molecule is CCOc1ccc(N2C(=O)C(O)=C(C(=O)c3cccs3)C2c2ccc(N(C)C)cc2)cc1. The largest absolute Gasteiger partial charge is 0.503 e. The Morgan fingerprint density at radius 2 is 1.78 bits per heavy atom. The van der Waals surface area contributed by atoms with Gasteiger partial charge in [0.1, 0.15) is 5.75 Å². The minimum atomic E-state index is -0.744. The zero-order valence-electron chi connectivity index (χ0n) is 18.1. The van der Waals surface area contributed by atoms with E-state index in [1.165, 1.54) is 16.2 Å². The van der Waals surface area contributed by atoms with E-state index < -0.39 is 17.7 Å². The molecule has 7 heteroatoms. The van der Waals surface area contributed by atoms with Crippen LogP contribution in [0.4, 0.5) is 11.4 Å². The van der Waals surface area contributed by atoms with E-state index in [9.17, 15) is 14.7 Å². The number of ketones is 1. The molecule has 0 fully saturated rings. The Balaban J connectivity index is 1.81. The molecule has 0 bridgehead atoms. The van der Waals surface area contributed by atoms with E-state index in [1.54, 1.807) is 41.8 Å². The van der Waals surface area contributed by atoms with Crippen LogP contribution in [0.1, 0.15) is 28.2 Å². The van der Waals surface area contributed by atoms with Gasteiger partial charge in [0.25, 0.3) is 5.91 Å². The lowest BCUT2D eigenvalue weighted by Gasteiger charge is -2.27. The maximum atomic E-state index is 13.3. The first-order chi connectivity index (χ1) is 15.4. The fourth-order valence-corrected chi connectivity index (χ4v) is 4.46. The van der Waals surface area contributed by atoms with Crippen LogP contribution in [-0.2, 0) is 4.79 Å². The van der Waals surface area contributed by atoms with E-state index in [1.807, 2.05) is 50.2 Å². The number of aliphatic hydroxyl groups excluding tert-OH is 1. The summed E-state index contributed by atoms with van der Waals surface area (Å²) < 4.78 is 5.51. The molecule has 1 amide bonds. The van der Waals surface area contributed by atoms with E-state index >= 15 is 0 Å². The fourth-order valence-electron chi connectivity index (χ4n) is 3.78. The smallest absolute Gasteiger partial charge is 0.294 e. The zero-order valence-corrected chi connectivity index (χ0v) is 18.9. The molecule has 6 nitrogen and oxygen atoms in total. The highest BCUT2D eigenvalue weighted by atomic mass is 32.1. The highest BCUT2D eigenvalue weighted by molar-refractivity contribution is 7.12. The summed E-state index contributed by atoms with van der Waals surface area (Å²) in [6, 6.07) is 17.4. The van der Waals surface area contributed by atoms with E-state index in [-0.39, 0.29) is 11.4 Å². The highest BCUT2D eigenvalue weighted by Gasteiger charge is 2.44. The summed E-state index contributed by atoms with van der Waals surface area (Å²) in [5, 5.41) is 12.6. The quantitative estimate of drug-likeness (QED) is 0.516. The molecule has 0 saturated carbocycles. The van der Waals surface area contributed by atoms with Crippen molar-refractivity contribution in [2.75, 3.05) is 30.5 Å². The van der Waals surface area contributed by atoms with Gasteiger partial charge in [0.2, 0.25) is 5.78 Å². The second-order valence-corrected chi connectivity index (χ2v) is 8.51. The van der Waals surface area contributed by atoms with E-state index in [0.717, 1.165) is 11.3 Å². The molecule has 164 valence electrons. The second kappa shape index (κ2) is 8.88. The molecule has 0 spiro atoms. The van der Waals surface area contributed by atoms with Crippen LogP contribution in [-0.4, -0.2) is 37.5 Å². The van der Waals surface area contributed by atoms with Crippen LogP contribution < -0.4 is 14.5 Å². The van der Waals surface area contributed by atoms with Gasteiger partial charge in [0.15, 0.2) is 5.76 Å². The van der Waals surface area contributed by atoms with Crippen molar-refractivity contribution in [2.45, 2.75) is 13.0 Å². The van der Waals surface area contributed by atoms with Gasteiger partial charge in [0, 0.05) is 25.5 Å². The van der Waals surface area contributed by atoms with Crippen LogP contribution in [0.5, 0.6) is 5.75 Å². The van der Waals surface area contributed by atoms with Crippen LogP contribution in [0.2, 0.25) is 0 Å². The second-order valence-electron chi connectivity index (χ2n) is 7.56. The lowest BCUT2D eigenvalue weighted by atomic mass is 9.95. The van der Waals surface area contributed by atoms with Gasteiger partial charge in [-0.3, -0.25) is 14.5 Å². The predicted molar refractivity (Wildman–Crippen MR) is 127 cm³/mol. The first-order valence-corrected chi connectivity index (χ1v) is 11.2. The lowest BCUT2D eigenvalue weighted by molar-refractivity contribution is -0.117. The molecule has 1 atom stereocenters. The third kappa shape index (κ3) is 3.87. The van der Waals surface area contributed by atoms with Gasteiger partial charge in [0.05, 0.1) is 23.1 Å². The Morgan fingerprint density at radius 3 is 2.34 bits per heavy atom. The molecular weight excluding hydrogens is 424 g/mol. The highest BCUT2D eigenvalue weighted by Crippen LogP contribution is 2.42. The molecule has 32 heavy (non-hydrogen) atoms. The number of hydrogen-bond donors (Lipinski definition) is 1. The number of carbonyl (C=O) groups excluding carboxylic acids is 2. The van der Waals surface area contributed by atoms with Crippen molar-refractivity contribution < 1.29 is 19.4 Å². The topological polar surface area (TPSA) is 70.1 Å². The number of rotatable bonds is 7. The molecule has 1 aliphatic rings. The van der Waals surface area contributed by atoms with Gasteiger partial charge < -0.3 is 14.7 Å². The zero-order chi connectivity index (χ0) is 22.8. The van der Waals surface area contributed by atoms with Gasteiger partial charge in [-0.1, -0.05) is 18.2 Å². The summed E-state index contributed by atoms with van der Waals surface area (Å²) in [4.78, 5) is 30.4. The molecular formula is C25H24N2O4S. The van der Waals surface area contributed by atoms with E-state index in [0.29, 0.717) is 22.9 Å². The molecule has 0 aliphatic carbocycles. The van der Waals surface area contributed by atoms with Crippen LogP contribution in [0.3, 0.4) is 0 Å². The Hall–Kier alpha value is -3.58. The number of hydrogen-bond acceptors (Lipinski definition) is 6. The molecule has 3 aromatic rings. The maximum absolute atomic E-state index is 13.3. The summed E-state index contributed by atoms with van der Waals surface area (Å²) in [6.45, 7) is 2.43. The van der Waals surface area contributed by atoms with Gasteiger partial charge in [-0.25, -0.2) is 0 Å². The van der Waals surface area contributed by atoms with Crippen LogP contribution in [0.15, 0.2) is 77.4 Å². The minimum absolute atomic E-state index is 0.0870. The van der Waals surface area contributed by atoms with Crippen LogP contribution in [0, 0.1) is 0 Å². The van der Waals surface area contributed by atoms with Crippen molar-refractivity contribution >= 4 is 34.4 Å². The minimum Gasteiger partial charge on any atom is -0.503 e.